The van der Waals surface area contributed by atoms with Crippen LogP contribution >= 0.6 is 0 Å². The Balaban J connectivity index is 2.08. The lowest BCUT2D eigenvalue weighted by molar-refractivity contribution is -0.390. The topological polar surface area (TPSA) is 145 Å². The monoisotopic (exact) mass is 227 g/mol. The van der Waals surface area contributed by atoms with E-state index in [4.69, 9.17) is 0 Å². The number of hydrogen-bond acceptors (Lipinski definition) is 10. The van der Waals surface area contributed by atoms with Crippen molar-refractivity contribution >= 4 is 17.5 Å². The van der Waals surface area contributed by atoms with E-state index < -0.39 is 10.7 Å². The molecule has 2 aromatic rings. The Morgan fingerprint density at radius 1 is 1.12 bits per heavy atom. The maximum atomic E-state index is 10.4. The van der Waals surface area contributed by atoms with Gasteiger partial charge in [-0.15, -0.1) is 4.63 Å². The van der Waals surface area contributed by atoms with Crippen LogP contribution in [0.1, 0.15) is 5.69 Å². The van der Waals surface area contributed by atoms with Gasteiger partial charge in [-0.1, -0.05) is 5.16 Å². The average Bonchev–Trinajstić information content (AvgIpc) is 2.83. The predicted octanol–water partition coefficient (Wildman–Crippen LogP) is 0.108. The summed E-state index contributed by atoms with van der Waals surface area (Å²) in [6.07, 6.45) is 0. The van der Waals surface area contributed by atoms with Gasteiger partial charge in [-0.05, 0) is 17.0 Å². The zero-order valence-corrected chi connectivity index (χ0v) is 7.87. The highest BCUT2D eigenvalue weighted by molar-refractivity contribution is 5.53. The first-order valence-corrected chi connectivity index (χ1v) is 3.96. The Morgan fingerprint density at radius 3 is 2.38 bits per heavy atom. The van der Waals surface area contributed by atoms with Crippen LogP contribution in [0.3, 0.4) is 0 Å². The third kappa shape index (κ3) is 1.73. The highest BCUT2D eigenvalue weighted by Gasteiger charge is 2.22. The Morgan fingerprint density at radius 2 is 1.75 bits per heavy atom. The first-order valence-electron chi connectivity index (χ1n) is 3.96. The molecule has 0 radical (unpaired) electrons. The molecule has 0 saturated carbocycles. The summed E-state index contributed by atoms with van der Waals surface area (Å²) >= 11 is 0. The molecule has 0 amide bonds. The van der Waals surface area contributed by atoms with Gasteiger partial charge in [-0.3, -0.25) is 10.9 Å². The molecular formula is C5H5N7O4. The number of hydrazine groups is 1. The lowest BCUT2D eigenvalue weighted by Crippen LogP contribution is -2.11. The summed E-state index contributed by atoms with van der Waals surface area (Å²) in [5, 5.41) is 23.8. The molecule has 11 heteroatoms. The normalized spacial score (nSPS) is 10.1. The second-order valence-electron chi connectivity index (χ2n) is 2.64. The Labute approximate surface area is 86.8 Å². The van der Waals surface area contributed by atoms with E-state index >= 15 is 0 Å². The number of nitro groups is 1. The van der Waals surface area contributed by atoms with Crippen molar-refractivity contribution < 1.29 is 14.2 Å². The van der Waals surface area contributed by atoms with Crippen LogP contribution < -0.4 is 10.9 Å². The molecule has 0 unspecified atom stereocenters. The van der Waals surface area contributed by atoms with Gasteiger partial charge in [-0.2, -0.15) is 0 Å². The van der Waals surface area contributed by atoms with E-state index in [1.807, 2.05) is 0 Å². The zero-order chi connectivity index (χ0) is 11.5. The molecule has 11 nitrogen and oxygen atoms in total. The van der Waals surface area contributed by atoms with E-state index in [-0.39, 0.29) is 11.6 Å². The molecule has 2 aromatic heterocycles. The molecule has 2 heterocycles. The minimum absolute atomic E-state index is 0.174. The number of nitrogens with zero attached hydrogens (tertiary/aromatic N) is 5. The molecule has 2 N–H and O–H groups in total. The molecule has 0 saturated heterocycles. The number of anilines is 2. The lowest BCUT2D eigenvalue weighted by atomic mass is 10.5. The molecule has 16 heavy (non-hydrogen) atoms. The van der Waals surface area contributed by atoms with Gasteiger partial charge >= 0.3 is 5.82 Å². The van der Waals surface area contributed by atoms with Crippen molar-refractivity contribution in [2.24, 2.45) is 0 Å². The summed E-state index contributed by atoms with van der Waals surface area (Å²) in [6.45, 7) is 1.63. The average molecular weight is 227 g/mol. The van der Waals surface area contributed by atoms with Crippen LogP contribution in [0.5, 0.6) is 0 Å². The molecule has 2 rings (SSSR count). The first kappa shape index (κ1) is 9.82. The fourth-order valence-electron chi connectivity index (χ4n) is 0.846. The molecule has 0 spiro atoms. The number of hydrogen-bond donors (Lipinski definition) is 2. The maximum Gasteiger partial charge on any atom is 0.460 e. The SMILES string of the molecule is Cc1nonc1NNc1nonc1[N+](=O)[O-]. The Hall–Kier alpha value is -2.72. The second kappa shape index (κ2) is 3.80. The fourth-order valence-corrected chi connectivity index (χ4v) is 0.846. The van der Waals surface area contributed by atoms with Crippen molar-refractivity contribution in [2.45, 2.75) is 6.92 Å². The van der Waals surface area contributed by atoms with Gasteiger partial charge in [0.15, 0.2) is 5.16 Å². The smallest absolute Gasteiger partial charge is 0.358 e. The first-order chi connectivity index (χ1) is 7.68. The highest BCUT2D eigenvalue weighted by atomic mass is 16.6. The number of rotatable bonds is 4. The summed E-state index contributed by atoms with van der Waals surface area (Å²) in [5.74, 6) is -0.439. The van der Waals surface area contributed by atoms with Gasteiger partial charge in [-0.25, -0.2) is 4.63 Å². The van der Waals surface area contributed by atoms with E-state index in [1.165, 1.54) is 0 Å². The van der Waals surface area contributed by atoms with Crippen molar-refractivity contribution in [1.29, 1.82) is 0 Å². The number of aromatic nitrogens is 4. The van der Waals surface area contributed by atoms with Crippen LogP contribution in [0.15, 0.2) is 9.26 Å². The van der Waals surface area contributed by atoms with Gasteiger partial charge in [0, 0.05) is 5.16 Å². The lowest BCUT2D eigenvalue weighted by Gasteiger charge is -2.00. The van der Waals surface area contributed by atoms with Crippen LogP contribution in [-0.2, 0) is 0 Å². The van der Waals surface area contributed by atoms with Gasteiger partial charge < -0.3 is 10.1 Å². The summed E-state index contributed by atoms with van der Waals surface area (Å²) in [7, 11) is 0. The van der Waals surface area contributed by atoms with Crippen molar-refractivity contribution in [3.63, 3.8) is 0 Å². The minimum atomic E-state index is -0.742. The predicted molar refractivity (Wildman–Crippen MR) is 47.2 cm³/mol. The van der Waals surface area contributed by atoms with E-state index in [2.05, 4.69) is 40.7 Å². The van der Waals surface area contributed by atoms with E-state index in [0.29, 0.717) is 5.69 Å². The second-order valence-corrected chi connectivity index (χ2v) is 2.64. The summed E-state index contributed by atoms with van der Waals surface area (Å²) in [5.41, 5.74) is 5.38. The van der Waals surface area contributed by atoms with Crippen molar-refractivity contribution in [1.82, 2.24) is 20.6 Å². The maximum absolute atomic E-state index is 10.4. The van der Waals surface area contributed by atoms with E-state index in [9.17, 15) is 10.1 Å². The van der Waals surface area contributed by atoms with E-state index in [0.717, 1.165) is 0 Å². The van der Waals surface area contributed by atoms with Crippen molar-refractivity contribution in [3.05, 3.63) is 15.8 Å². The standard InChI is InChI=1S/C5H5N7O4/c1-2-3(9-15-8-2)6-7-4-5(12(13)14)11-16-10-4/h1H3,(H,6,9)(H,7,10). The third-order valence-corrected chi connectivity index (χ3v) is 1.60. The minimum Gasteiger partial charge on any atom is -0.358 e. The van der Waals surface area contributed by atoms with Crippen LogP contribution in [0.25, 0.3) is 0 Å². The molecule has 0 fully saturated rings. The molecule has 0 aliphatic carbocycles. The molecule has 0 aliphatic rings. The largest absolute Gasteiger partial charge is 0.460 e. The zero-order valence-electron chi connectivity index (χ0n) is 7.87. The van der Waals surface area contributed by atoms with Crippen LogP contribution in [0.4, 0.5) is 17.5 Å². The number of aryl methyl sites for hydroxylation is 1. The van der Waals surface area contributed by atoms with Gasteiger partial charge in [0.25, 0.3) is 5.82 Å². The number of nitrogens with one attached hydrogen (secondary N) is 2. The van der Waals surface area contributed by atoms with Gasteiger partial charge in [0.05, 0.1) is 0 Å². The molecular weight excluding hydrogens is 222 g/mol. The molecule has 0 bridgehead atoms. The van der Waals surface area contributed by atoms with Gasteiger partial charge in [0.1, 0.15) is 5.69 Å². The molecule has 0 aromatic carbocycles. The van der Waals surface area contributed by atoms with Crippen LogP contribution in [-0.4, -0.2) is 25.5 Å². The van der Waals surface area contributed by atoms with E-state index in [1.54, 1.807) is 6.92 Å². The summed E-state index contributed by atoms with van der Waals surface area (Å²) < 4.78 is 8.60. The summed E-state index contributed by atoms with van der Waals surface area (Å²) in [4.78, 5) is 9.70. The Kier molecular flexibility index (Phi) is 2.33. The van der Waals surface area contributed by atoms with Gasteiger partial charge in [0.2, 0.25) is 5.82 Å². The van der Waals surface area contributed by atoms with Crippen molar-refractivity contribution in [2.75, 3.05) is 10.9 Å². The van der Waals surface area contributed by atoms with Crippen LogP contribution in [0.2, 0.25) is 0 Å². The summed E-state index contributed by atoms with van der Waals surface area (Å²) in [6, 6.07) is 0. The molecule has 84 valence electrons. The third-order valence-electron chi connectivity index (χ3n) is 1.60. The molecule has 0 atom stereocenters. The molecule has 0 aliphatic heterocycles. The van der Waals surface area contributed by atoms with Crippen molar-refractivity contribution in [3.8, 4) is 0 Å². The quantitative estimate of drug-likeness (QED) is 0.544. The fraction of sp³-hybridized carbons (Fsp3) is 0.200. The Bertz CT molecular complexity index is 504. The van der Waals surface area contributed by atoms with Crippen LogP contribution in [0, 0.1) is 17.0 Å². The highest BCUT2D eigenvalue weighted by Crippen LogP contribution is 2.18.